The molecular weight excluding hydrogens is 412 g/mol. The van der Waals surface area contributed by atoms with Gasteiger partial charge in [0.05, 0.1) is 11.4 Å². The van der Waals surface area contributed by atoms with E-state index in [0.29, 0.717) is 11.3 Å². The van der Waals surface area contributed by atoms with Gasteiger partial charge in [-0.1, -0.05) is 31.7 Å². The molecule has 0 spiro atoms. The molecular formula is C26H34N6O. The SMILES string of the molecule is C=C/C(=N\N=C(/C)N1CCNCC1)c1ccc(C2=CN(/N=C\C)C(=C)C=C(CC)C2)cc1O. The van der Waals surface area contributed by atoms with Crippen LogP contribution in [-0.4, -0.2) is 59.0 Å². The van der Waals surface area contributed by atoms with Crippen molar-refractivity contribution in [3.8, 4) is 5.75 Å². The molecule has 2 aliphatic rings. The van der Waals surface area contributed by atoms with Crippen LogP contribution in [0.25, 0.3) is 5.57 Å². The zero-order valence-electron chi connectivity index (χ0n) is 19.9. The topological polar surface area (TPSA) is 75.8 Å². The lowest BCUT2D eigenvalue weighted by Gasteiger charge is -2.28. The van der Waals surface area contributed by atoms with Crippen molar-refractivity contribution in [2.24, 2.45) is 15.3 Å². The number of hydrogen-bond acceptors (Lipinski definition) is 6. The van der Waals surface area contributed by atoms with Gasteiger partial charge in [-0.2, -0.15) is 5.10 Å². The summed E-state index contributed by atoms with van der Waals surface area (Å²) in [4.78, 5) is 2.19. The quantitative estimate of drug-likeness (QED) is 0.383. The van der Waals surface area contributed by atoms with E-state index in [0.717, 1.165) is 61.7 Å². The number of piperazine rings is 1. The minimum absolute atomic E-state index is 0.137. The van der Waals surface area contributed by atoms with Crippen LogP contribution in [0.4, 0.5) is 0 Å². The van der Waals surface area contributed by atoms with E-state index in [1.807, 2.05) is 32.2 Å². The third-order valence-electron chi connectivity index (χ3n) is 5.77. The summed E-state index contributed by atoms with van der Waals surface area (Å²) in [5.74, 6) is 0.990. The average Bonchev–Trinajstić information content (AvgIpc) is 2.99. The number of amidine groups is 1. The Hall–Kier alpha value is -3.45. The molecule has 0 radical (unpaired) electrons. The summed E-state index contributed by atoms with van der Waals surface area (Å²) in [6.07, 6.45) is 9.09. The van der Waals surface area contributed by atoms with Crippen LogP contribution < -0.4 is 5.32 Å². The van der Waals surface area contributed by atoms with E-state index >= 15 is 0 Å². The lowest BCUT2D eigenvalue weighted by Crippen LogP contribution is -2.45. The standard InChI is InChI=1S/C26H34N6O/c1-6-21-15-19(4)32(28-8-3)18-23(16-21)22-9-10-24(26(33)17-22)25(7-2)30-29-20(5)31-13-11-27-12-14-31/h7-10,15,17-18,27,33H,2,4,6,11-14,16H2,1,3,5H3/b28-8-,29-20+,30-25+. The van der Waals surface area contributed by atoms with Gasteiger partial charge in [0.15, 0.2) is 0 Å². The maximum Gasteiger partial charge on any atom is 0.125 e. The fourth-order valence-corrected chi connectivity index (χ4v) is 3.84. The van der Waals surface area contributed by atoms with Crippen LogP contribution in [-0.2, 0) is 0 Å². The first kappa shape index (κ1) is 24.2. The number of nitrogens with zero attached hydrogens (tertiary/aromatic N) is 5. The van der Waals surface area contributed by atoms with Crippen molar-refractivity contribution in [1.29, 1.82) is 0 Å². The Morgan fingerprint density at radius 1 is 1.24 bits per heavy atom. The fraction of sp³-hybridized carbons (Fsp3) is 0.346. The van der Waals surface area contributed by atoms with Gasteiger partial charge >= 0.3 is 0 Å². The second-order valence-electron chi connectivity index (χ2n) is 8.00. The molecule has 0 aliphatic carbocycles. The number of phenolic OH excluding ortho intramolecular Hbond substituents is 1. The molecule has 2 aliphatic heterocycles. The van der Waals surface area contributed by atoms with Gasteiger partial charge in [0.25, 0.3) is 0 Å². The lowest BCUT2D eigenvalue weighted by atomic mass is 9.96. The molecule has 174 valence electrons. The van der Waals surface area contributed by atoms with Gasteiger partial charge in [-0.3, -0.25) is 0 Å². The highest BCUT2D eigenvalue weighted by Crippen LogP contribution is 2.32. The largest absolute Gasteiger partial charge is 0.507 e. The molecule has 1 fully saturated rings. The van der Waals surface area contributed by atoms with E-state index in [1.165, 1.54) is 5.57 Å². The van der Waals surface area contributed by atoms with Crippen LogP contribution in [0.2, 0.25) is 0 Å². The van der Waals surface area contributed by atoms with Gasteiger partial charge in [0.1, 0.15) is 11.6 Å². The first-order chi connectivity index (χ1) is 16.0. The Morgan fingerprint density at radius 2 is 2.00 bits per heavy atom. The second-order valence-corrected chi connectivity index (χ2v) is 8.00. The summed E-state index contributed by atoms with van der Waals surface area (Å²) >= 11 is 0. The van der Waals surface area contributed by atoms with Crippen molar-refractivity contribution < 1.29 is 5.11 Å². The minimum atomic E-state index is 0.137. The van der Waals surface area contributed by atoms with Crippen LogP contribution in [0.5, 0.6) is 5.75 Å². The predicted molar refractivity (Wildman–Crippen MR) is 139 cm³/mol. The Morgan fingerprint density at radius 3 is 2.64 bits per heavy atom. The molecule has 0 saturated carbocycles. The number of rotatable bonds is 6. The molecule has 3 rings (SSSR count). The fourth-order valence-electron chi connectivity index (χ4n) is 3.84. The normalized spacial score (nSPS) is 18.3. The van der Waals surface area contributed by atoms with Crippen LogP contribution in [0.1, 0.15) is 44.7 Å². The highest BCUT2D eigenvalue weighted by atomic mass is 16.3. The van der Waals surface area contributed by atoms with Gasteiger partial charge < -0.3 is 15.3 Å². The second kappa shape index (κ2) is 11.4. The number of allylic oxidation sites excluding steroid dienone is 4. The molecule has 7 nitrogen and oxygen atoms in total. The highest BCUT2D eigenvalue weighted by molar-refractivity contribution is 6.10. The monoisotopic (exact) mass is 446 g/mol. The molecule has 33 heavy (non-hydrogen) atoms. The third-order valence-corrected chi connectivity index (χ3v) is 5.77. The van der Waals surface area contributed by atoms with Crippen LogP contribution in [0.15, 0.2) is 76.3 Å². The average molecular weight is 447 g/mol. The van der Waals surface area contributed by atoms with Gasteiger partial charge in [-0.05, 0) is 62.1 Å². The summed E-state index contributed by atoms with van der Waals surface area (Å²) in [6.45, 7) is 17.6. The maximum atomic E-state index is 10.9. The number of benzene rings is 1. The lowest BCUT2D eigenvalue weighted by molar-refractivity contribution is 0.355. The van der Waals surface area contributed by atoms with Crippen molar-refractivity contribution in [2.75, 3.05) is 26.2 Å². The van der Waals surface area contributed by atoms with E-state index < -0.39 is 0 Å². The number of hydrogen-bond donors (Lipinski definition) is 2. The minimum Gasteiger partial charge on any atom is -0.507 e. The Bertz CT molecular complexity index is 1040. The number of aromatic hydroxyl groups is 1. The third kappa shape index (κ3) is 6.08. The Kier molecular flexibility index (Phi) is 8.38. The number of hydrazone groups is 1. The van der Waals surface area contributed by atoms with Crippen molar-refractivity contribution in [3.05, 3.63) is 72.1 Å². The highest BCUT2D eigenvalue weighted by Gasteiger charge is 2.16. The molecule has 1 saturated heterocycles. The summed E-state index contributed by atoms with van der Waals surface area (Å²) in [5, 5.41) is 29.1. The summed E-state index contributed by atoms with van der Waals surface area (Å²) < 4.78 is 0. The molecule has 7 heteroatoms. The summed E-state index contributed by atoms with van der Waals surface area (Å²) in [7, 11) is 0. The van der Waals surface area contributed by atoms with Crippen LogP contribution in [0, 0.1) is 0 Å². The molecule has 0 aromatic heterocycles. The molecule has 1 aromatic carbocycles. The van der Waals surface area contributed by atoms with Gasteiger partial charge in [-0.25, -0.2) is 5.01 Å². The van der Waals surface area contributed by atoms with E-state index in [-0.39, 0.29) is 5.75 Å². The first-order valence-corrected chi connectivity index (χ1v) is 11.4. The molecule has 0 bridgehead atoms. The van der Waals surface area contributed by atoms with Crippen LogP contribution >= 0.6 is 0 Å². The zero-order chi connectivity index (χ0) is 23.8. The number of phenols is 1. The van der Waals surface area contributed by atoms with E-state index in [2.05, 4.69) is 51.7 Å². The van der Waals surface area contributed by atoms with Gasteiger partial charge in [0.2, 0.25) is 0 Å². The van der Waals surface area contributed by atoms with E-state index in [4.69, 9.17) is 0 Å². The van der Waals surface area contributed by atoms with Crippen molar-refractivity contribution in [3.63, 3.8) is 0 Å². The zero-order valence-corrected chi connectivity index (χ0v) is 19.9. The van der Waals surface area contributed by atoms with E-state index in [1.54, 1.807) is 23.4 Å². The Balaban J connectivity index is 1.90. The maximum absolute atomic E-state index is 10.9. The smallest absolute Gasteiger partial charge is 0.125 e. The van der Waals surface area contributed by atoms with Crippen molar-refractivity contribution in [2.45, 2.75) is 33.6 Å². The molecule has 1 aromatic rings. The first-order valence-electron chi connectivity index (χ1n) is 11.4. The predicted octanol–water partition coefficient (Wildman–Crippen LogP) is 4.51. The number of nitrogens with one attached hydrogen (secondary N) is 1. The molecule has 0 unspecified atom stereocenters. The molecule has 2 heterocycles. The summed E-state index contributed by atoms with van der Waals surface area (Å²) in [5.41, 5.74) is 5.18. The van der Waals surface area contributed by atoms with Crippen molar-refractivity contribution in [1.82, 2.24) is 15.2 Å². The van der Waals surface area contributed by atoms with Gasteiger partial charge in [-0.15, -0.1) is 10.2 Å². The Labute approximate surface area is 196 Å². The molecule has 0 atom stereocenters. The van der Waals surface area contributed by atoms with E-state index in [9.17, 15) is 5.11 Å². The van der Waals surface area contributed by atoms with Crippen LogP contribution in [0.3, 0.4) is 0 Å². The van der Waals surface area contributed by atoms with Gasteiger partial charge in [0, 0.05) is 44.2 Å². The summed E-state index contributed by atoms with van der Waals surface area (Å²) in [6, 6.07) is 5.62. The van der Waals surface area contributed by atoms with Crippen molar-refractivity contribution >= 4 is 23.3 Å². The molecule has 0 amide bonds. The molecule has 2 N–H and O–H groups in total.